The van der Waals surface area contributed by atoms with Crippen molar-refractivity contribution in [3.63, 3.8) is 0 Å². The summed E-state index contributed by atoms with van der Waals surface area (Å²) in [6, 6.07) is 17.3. The Balaban J connectivity index is 1.57. The summed E-state index contributed by atoms with van der Waals surface area (Å²) in [6.07, 6.45) is -4.47. The molecule has 2 aromatic heterocycles. The van der Waals surface area contributed by atoms with Crippen LogP contribution < -0.4 is 5.63 Å². The summed E-state index contributed by atoms with van der Waals surface area (Å²) in [5.74, 6) is 0.0585. The molecule has 0 aliphatic heterocycles. The second-order valence-electron chi connectivity index (χ2n) is 6.97. The van der Waals surface area contributed by atoms with Crippen molar-refractivity contribution in [2.24, 2.45) is 0 Å². The highest BCUT2D eigenvalue weighted by Gasteiger charge is 2.30. The molecule has 0 unspecified atom stereocenters. The molecule has 0 N–H and O–H groups in total. The van der Waals surface area contributed by atoms with Gasteiger partial charge in [-0.15, -0.1) is 10.2 Å². The number of nitrogens with zero attached hydrogens (tertiary/aromatic N) is 4. The molecule has 2 heterocycles. The normalized spacial score (nSPS) is 12.0. The van der Waals surface area contributed by atoms with Crippen LogP contribution in [0.1, 0.15) is 11.1 Å². The van der Waals surface area contributed by atoms with Gasteiger partial charge in [-0.2, -0.15) is 18.0 Å². The number of halogens is 3. The van der Waals surface area contributed by atoms with Crippen LogP contribution in [0.4, 0.5) is 13.2 Å². The predicted octanol–water partition coefficient (Wildman–Crippen LogP) is 4.67. The molecule has 0 aliphatic rings. The fourth-order valence-corrected chi connectivity index (χ4v) is 3.56. The third-order valence-corrected chi connectivity index (χ3v) is 4.93. The Morgan fingerprint density at radius 3 is 2.65 bits per heavy atom. The summed E-state index contributed by atoms with van der Waals surface area (Å²) < 4.78 is 44.3. The highest BCUT2D eigenvalue weighted by molar-refractivity contribution is 6.07. The third-order valence-electron chi connectivity index (χ3n) is 4.93. The van der Waals surface area contributed by atoms with Gasteiger partial charge in [-0.3, -0.25) is 0 Å². The summed E-state index contributed by atoms with van der Waals surface area (Å²) in [5.41, 5.74) is -0.0603. The van der Waals surface area contributed by atoms with E-state index in [1.54, 1.807) is 6.07 Å². The summed E-state index contributed by atoms with van der Waals surface area (Å²) in [5, 5.41) is 14.7. The number of rotatable bonds is 3. The van der Waals surface area contributed by atoms with Crippen molar-refractivity contribution >= 4 is 21.7 Å². The minimum absolute atomic E-state index is 0.0585. The standard InChI is InChI=1S/C22H13F3N4O2/c23-22(24,25)16-6-3-5-14(10-16)21-26-28-29(27-21)12-15-11-19(30)31-18-9-8-13-4-1-2-7-17(13)20(15)18/h1-11H,12H2. The van der Waals surface area contributed by atoms with E-state index >= 15 is 0 Å². The maximum absolute atomic E-state index is 13.0. The Morgan fingerprint density at radius 1 is 0.968 bits per heavy atom. The van der Waals surface area contributed by atoms with Gasteiger partial charge in [0.1, 0.15) is 5.58 Å². The van der Waals surface area contributed by atoms with Crippen molar-refractivity contribution in [2.45, 2.75) is 12.7 Å². The second-order valence-corrected chi connectivity index (χ2v) is 6.97. The van der Waals surface area contributed by atoms with Crippen molar-refractivity contribution in [2.75, 3.05) is 0 Å². The van der Waals surface area contributed by atoms with Crippen molar-refractivity contribution < 1.29 is 17.6 Å². The molecule has 0 saturated carbocycles. The molecule has 0 bridgehead atoms. The molecule has 3 aromatic carbocycles. The van der Waals surface area contributed by atoms with Crippen LogP contribution in [0.2, 0.25) is 0 Å². The van der Waals surface area contributed by atoms with Crippen molar-refractivity contribution in [3.05, 3.63) is 88.3 Å². The first-order valence-electron chi connectivity index (χ1n) is 9.28. The number of hydrogen-bond acceptors (Lipinski definition) is 5. The molecular weight excluding hydrogens is 409 g/mol. The smallest absolute Gasteiger partial charge is 0.416 e. The first-order valence-corrected chi connectivity index (χ1v) is 9.28. The fraction of sp³-hybridized carbons (Fsp3) is 0.0909. The van der Waals surface area contributed by atoms with Crippen LogP contribution in [0.3, 0.4) is 0 Å². The molecule has 0 saturated heterocycles. The minimum Gasteiger partial charge on any atom is -0.423 e. The van der Waals surface area contributed by atoms with E-state index in [4.69, 9.17) is 4.42 Å². The molecule has 0 aliphatic carbocycles. The Morgan fingerprint density at radius 2 is 1.81 bits per heavy atom. The van der Waals surface area contributed by atoms with Gasteiger partial charge in [0, 0.05) is 17.0 Å². The molecule has 0 fully saturated rings. The number of tetrazole rings is 1. The molecule has 0 radical (unpaired) electrons. The van der Waals surface area contributed by atoms with Crippen molar-refractivity contribution in [3.8, 4) is 11.4 Å². The van der Waals surface area contributed by atoms with Crippen LogP contribution in [0, 0.1) is 0 Å². The highest BCUT2D eigenvalue weighted by atomic mass is 19.4. The zero-order valence-electron chi connectivity index (χ0n) is 15.8. The lowest BCUT2D eigenvalue weighted by molar-refractivity contribution is -0.137. The molecule has 154 valence electrons. The number of hydrogen-bond donors (Lipinski definition) is 0. The van der Waals surface area contributed by atoms with Gasteiger partial charge in [-0.1, -0.05) is 42.5 Å². The Labute approximate surface area is 172 Å². The maximum atomic E-state index is 13.0. The van der Waals surface area contributed by atoms with E-state index in [0.29, 0.717) is 11.1 Å². The van der Waals surface area contributed by atoms with Gasteiger partial charge in [0.15, 0.2) is 0 Å². The average molecular weight is 422 g/mol. The van der Waals surface area contributed by atoms with Crippen LogP contribution in [-0.2, 0) is 12.7 Å². The fourth-order valence-electron chi connectivity index (χ4n) is 3.56. The van der Waals surface area contributed by atoms with Crippen LogP contribution in [-0.4, -0.2) is 20.2 Å². The van der Waals surface area contributed by atoms with Crippen molar-refractivity contribution in [1.29, 1.82) is 0 Å². The predicted molar refractivity (Wildman–Crippen MR) is 107 cm³/mol. The lowest BCUT2D eigenvalue weighted by Gasteiger charge is -2.08. The summed E-state index contributed by atoms with van der Waals surface area (Å²) in [4.78, 5) is 13.3. The SMILES string of the molecule is O=c1cc(Cn2nnc(-c3cccc(C(F)(F)F)c3)n2)c2c(ccc3ccccc32)o1. The van der Waals surface area contributed by atoms with Gasteiger partial charge < -0.3 is 4.42 Å². The van der Waals surface area contributed by atoms with Gasteiger partial charge >= 0.3 is 11.8 Å². The molecule has 5 rings (SSSR count). The Bertz CT molecular complexity index is 1490. The molecule has 6 nitrogen and oxygen atoms in total. The van der Waals surface area contributed by atoms with E-state index in [0.717, 1.165) is 28.3 Å². The molecule has 31 heavy (non-hydrogen) atoms. The first-order chi connectivity index (χ1) is 14.9. The van der Waals surface area contributed by atoms with Gasteiger partial charge in [0.05, 0.1) is 12.1 Å². The number of aromatic nitrogens is 4. The average Bonchev–Trinajstić information content (AvgIpc) is 3.21. The third kappa shape index (κ3) is 3.54. The van der Waals surface area contributed by atoms with E-state index in [-0.39, 0.29) is 17.9 Å². The van der Waals surface area contributed by atoms with E-state index in [1.165, 1.54) is 23.0 Å². The van der Waals surface area contributed by atoms with Gasteiger partial charge in [-0.25, -0.2) is 4.79 Å². The van der Waals surface area contributed by atoms with E-state index in [1.807, 2.05) is 30.3 Å². The van der Waals surface area contributed by atoms with Crippen LogP contribution in [0.25, 0.3) is 33.1 Å². The largest absolute Gasteiger partial charge is 0.423 e. The van der Waals surface area contributed by atoms with Gasteiger partial charge in [0.25, 0.3) is 0 Å². The topological polar surface area (TPSA) is 73.8 Å². The van der Waals surface area contributed by atoms with E-state index in [2.05, 4.69) is 15.4 Å². The first kappa shape index (κ1) is 19.0. The van der Waals surface area contributed by atoms with Crippen LogP contribution >= 0.6 is 0 Å². The number of fused-ring (bicyclic) bond motifs is 3. The summed E-state index contributed by atoms with van der Waals surface area (Å²) in [7, 11) is 0. The molecule has 9 heteroatoms. The summed E-state index contributed by atoms with van der Waals surface area (Å²) >= 11 is 0. The van der Waals surface area contributed by atoms with Crippen LogP contribution in [0.5, 0.6) is 0 Å². The van der Waals surface area contributed by atoms with E-state index in [9.17, 15) is 18.0 Å². The maximum Gasteiger partial charge on any atom is 0.416 e. The second kappa shape index (κ2) is 7.05. The van der Waals surface area contributed by atoms with Crippen LogP contribution in [0.15, 0.2) is 75.9 Å². The molecule has 5 aromatic rings. The minimum atomic E-state index is -4.47. The zero-order chi connectivity index (χ0) is 21.6. The lowest BCUT2D eigenvalue weighted by atomic mass is 10.0. The van der Waals surface area contributed by atoms with Crippen molar-refractivity contribution in [1.82, 2.24) is 20.2 Å². The Kier molecular flexibility index (Phi) is 4.32. The molecule has 0 atom stereocenters. The highest BCUT2D eigenvalue weighted by Crippen LogP contribution is 2.31. The quantitative estimate of drug-likeness (QED) is 0.312. The molecule has 0 spiro atoms. The molecule has 0 amide bonds. The Hall–Kier alpha value is -4.01. The summed E-state index contributed by atoms with van der Waals surface area (Å²) in [6.45, 7) is 0.0993. The zero-order valence-corrected chi connectivity index (χ0v) is 15.8. The molecular formula is C22H13F3N4O2. The van der Waals surface area contributed by atoms with Gasteiger partial charge in [-0.05, 0) is 39.7 Å². The van der Waals surface area contributed by atoms with Gasteiger partial charge in [0.2, 0.25) is 5.82 Å². The monoisotopic (exact) mass is 422 g/mol. The number of benzene rings is 3. The lowest BCUT2D eigenvalue weighted by Crippen LogP contribution is -2.08. The number of alkyl halides is 3. The van der Waals surface area contributed by atoms with E-state index < -0.39 is 17.4 Å².